The highest BCUT2D eigenvalue weighted by atomic mass is 16.5. The molecule has 88 valence electrons. The number of amides is 1. The van der Waals surface area contributed by atoms with Gasteiger partial charge in [0.05, 0.1) is 6.04 Å². The van der Waals surface area contributed by atoms with Crippen molar-refractivity contribution in [3.63, 3.8) is 0 Å². The van der Waals surface area contributed by atoms with Crippen LogP contribution < -0.4 is 0 Å². The zero-order valence-electron chi connectivity index (χ0n) is 10.0. The molecule has 16 heavy (non-hydrogen) atoms. The summed E-state index contributed by atoms with van der Waals surface area (Å²) in [4.78, 5) is 17.3. The Morgan fingerprint density at radius 1 is 1.50 bits per heavy atom. The number of nitrogens with zero attached hydrogens (tertiary/aromatic N) is 2. The monoisotopic (exact) mass is 222 g/mol. The molecule has 4 nitrogen and oxygen atoms in total. The Morgan fingerprint density at radius 3 is 2.69 bits per heavy atom. The van der Waals surface area contributed by atoms with Gasteiger partial charge in [-0.1, -0.05) is 0 Å². The molecule has 0 bridgehead atoms. The van der Waals surface area contributed by atoms with Crippen LogP contribution in [-0.2, 0) is 9.53 Å². The Kier molecular flexibility index (Phi) is 4.92. The quantitative estimate of drug-likeness (QED) is 0.760. The van der Waals surface area contributed by atoms with E-state index in [-0.39, 0.29) is 18.6 Å². The Bertz CT molecular complexity index is 327. The van der Waals surface area contributed by atoms with Crippen molar-refractivity contribution in [3.8, 4) is 0 Å². The summed E-state index contributed by atoms with van der Waals surface area (Å²) < 4.78 is 5.10. The second-order valence-electron chi connectivity index (χ2n) is 3.60. The Morgan fingerprint density at radius 2 is 2.12 bits per heavy atom. The van der Waals surface area contributed by atoms with E-state index in [1.54, 1.807) is 24.3 Å². The van der Waals surface area contributed by atoms with Gasteiger partial charge in [-0.05, 0) is 31.5 Å². The zero-order valence-corrected chi connectivity index (χ0v) is 10.0. The van der Waals surface area contributed by atoms with Gasteiger partial charge in [0, 0.05) is 26.0 Å². The fourth-order valence-electron chi connectivity index (χ4n) is 1.37. The molecule has 0 aliphatic heterocycles. The van der Waals surface area contributed by atoms with Crippen LogP contribution in [0.5, 0.6) is 0 Å². The van der Waals surface area contributed by atoms with Crippen molar-refractivity contribution in [2.24, 2.45) is 0 Å². The molecule has 4 heteroatoms. The first-order chi connectivity index (χ1) is 7.66. The number of hydrogen-bond donors (Lipinski definition) is 0. The maximum Gasteiger partial charge on any atom is 0.248 e. The predicted octanol–water partition coefficient (Wildman–Crippen LogP) is 1.64. The molecule has 0 aliphatic rings. The van der Waals surface area contributed by atoms with Gasteiger partial charge in [-0.15, -0.1) is 0 Å². The molecule has 0 saturated carbocycles. The maximum atomic E-state index is 11.7. The van der Waals surface area contributed by atoms with E-state index in [1.165, 1.54) is 0 Å². The molecular weight excluding hydrogens is 204 g/mol. The van der Waals surface area contributed by atoms with Crippen LogP contribution in [0.4, 0.5) is 0 Å². The molecule has 1 heterocycles. The third kappa shape index (κ3) is 3.31. The van der Waals surface area contributed by atoms with Gasteiger partial charge in [-0.25, -0.2) is 0 Å². The highest BCUT2D eigenvalue weighted by Crippen LogP contribution is 2.17. The lowest BCUT2D eigenvalue weighted by atomic mass is 10.1. The molecule has 0 saturated heterocycles. The molecule has 0 fully saturated rings. The first-order valence-corrected chi connectivity index (χ1v) is 5.40. The Balaban J connectivity index is 2.60. The largest absolute Gasteiger partial charge is 0.372 e. The molecule has 1 unspecified atom stereocenters. The van der Waals surface area contributed by atoms with E-state index in [4.69, 9.17) is 4.74 Å². The lowest BCUT2D eigenvalue weighted by molar-refractivity contribution is -0.136. The first kappa shape index (κ1) is 12.6. The van der Waals surface area contributed by atoms with Crippen LogP contribution >= 0.6 is 0 Å². The summed E-state index contributed by atoms with van der Waals surface area (Å²) in [7, 11) is 1.78. The number of pyridine rings is 1. The molecular formula is C12H18N2O2. The van der Waals surface area contributed by atoms with Crippen LogP contribution in [0.25, 0.3) is 0 Å². The summed E-state index contributed by atoms with van der Waals surface area (Å²) in [6.45, 7) is 4.56. The van der Waals surface area contributed by atoms with Gasteiger partial charge in [0.25, 0.3) is 0 Å². The van der Waals surface area contributed by atoms with Crippen molar-refractivity contribution in [3.05, 3.63) is 30.1 Å². The van der Waals surface area contributed by atoms with Crippen molar-refractivity contribution in [2.45, 2.75) is 19.9 Å². The van der Waals surface area contributed by atoms with Crippen LogP contribution in [0.2, 0.25) is 0 Å². The van der Waals surface area contributed by atoms with E-state index < -0.39 is 0 Å². The average Bonchev–Trinajstić information content (AvgIpc) is 2.35. The summed E-state index contributed by atoms with van der Waals surface area (Å²) in [5.41, 5.74) is 1.07. The molecule has 1 rings (SSSR count). The minimum absolute atomic E-state index is 0.00818. The van der Waals surface area contributed by atoms with Crippen molar-refractivity contribution < 1.29 is 9.53 Å². The number of carbonyl (C=O) groups is 1. The minimum Gasteiger partial charge on any atom is -0.372 e. The number of carbonyl (C=O) groups excluding carboxylic acids is 1. The van der Waals surface area contributed by atoms with Crippen molar-refractivity contribution >= 4 is 5.91 Å². The summed E-state index contributed by atoms with van der Waals surface area (Å²) in [5.74, 6) is -0.00818. The maximum absolute atomic E-state index is 11.7. The van der Waals surface area contributed by atoms with E-state index in [0.717, 1.165) is 5.56 Å². The van der Waals surface area contributed by atoms with Gasteiger partial charge in [0.15, 0.2) is 0 Å². The van der Waals surface area contributed by atoms with Gasteiger partial charge in [-0.2, -0.15) is 0 Å². The fourth-order valence-corrected chi connectivity index (χ4v) is 1.37. The molecule has 0 aromatic carbocycles. The number of likely N-dealkylation sites (N-methyl/N-ethyl adjacent to an activating group) is 1. The minimum atomic E-state index is -0.00818. The molecule has 1 atom stereocenters. The molecule has 0 radical (unpaired) electrons. The van der Waals surface area contributed by atoms with Gasteiger partial charge in [0.2, 0.25) is 5.91 Å². The topological polar surface area (TPSA) is 42.4 Å². The van der Waals surface area contributed by atoms with E-state index >= 15 is 0 Å². The summed E-state index contributed by atoms with van der Waals surface area (Å²) in [5, 5.41) is 0. The second-order valence-corrected chi connectivity index (χ2v) is 3.60. The van der Waals surface area contributed by atoms with Crippen molar-refractivity contribution in [2.75, 3.05) is 20.3 Å². The SMILES string of the molecule is CCOCC(=O)N(C)C(C)c1ccncc1. The predicted molar refractivity (Wildman–Crippen MR) is 61.9 cm³/mol. The number of rotatable bonds is 5. The van der Waals surface area contributed by atoms with Crippen LogP contribution in [-0.4, -0.2) is 36.1 Å². The highest BCUT2D eigenvalue weighted by molar-refractivity contribution is 5.77. The van der Waals surface area contributed by atoms with Crippen LogP contribution in [0.15, 0.2) is 24.5 Å². The molecule has 0 N–H and O–H groups in total. The fraction of sp³-hybridized carbons (Fsp3) is 0.500. The van der Waals surface area contributed by atoms with Crippen LogP contribution in [0, 0.1) is 0 Å². The van der Waals surface area contributed by atoms with Crippen LogP contribution in [0.1, 0.15) is 25.5 Å². The van der Waals surface area contributed by atoms with E-state index in [0.29, 0.717) is 6.61 Å². The van der Waals surface area contributed by atoms with E-state index in [2.05, 4.69) is 4.98 Å². The summed E-state index contributed by atoms with van der Waals surface area (Å²) in [6, 6.07) is 3.86. The zero-order chi connectivity index (χ0) is 12.0. The molecule has 1 amide bonds. The van der Waals surface area contributed by atoms with Gasteiger partial charge in [0.1, 0.15) is 6.61 Å². The molecule has 1 aromatic heterocycles. The van der Waals surface area contributed by atoms with E-state index in [1.807, 2.05) is 26.0 Å². The van der Waals surface area contributed by atoms with Gasteiger partial charge in [-0.3, -0.25) is 9.78 Å². The number of ether oxygens (including phenoxy) is 1. The van der Waals surface area contributed by atoms with Crippen molar-refractivity contribution in [1.29, 1.82) is 0 Å². The number of aromatic nitrogens is 1. The lowest BCUT2D eigenvalue weighted by Gasteiger charge is -2.25. The smallest absolute Gasteiger partial charge is 0.248 e. The highest BCUT2D eigenvalue weighted by Gasteiger charge is 2.16. The molecule has 0 spiro atoms. The standard InChI is InChI=1S/C12H18N2O2/c1-4-16-9-12(15)14(3)10(2)11-5-7-13-8-6-11/h5-8,10H,4,9H2,1-3H3. The van der Waals surface area contributed by atoms with Crippen molar-refractivity contribution in [1.82, 2.24) is 9.88 Å². The summed E-state index contributed by atoms with van der Waals surface area (Å²) >= 11 is 0. The third-order valence-corrected chi connectivity index (χ3v) is 2.59. The van der Waals surface area contributed by atoms with Gasteiger partial charge >= 0.3 is 0 Å². The summed E-state index contributed by atoms with van der Waals surface area (Å²) in [6.07, 6.45) is 3.46. The first-order valence-electron chi connectivity index (χ1n) is 5.40. The normalized spacial score (nSPS) is 12.2. The Labute approximate surface area is 96.2 Å². The molecule has 1 aromatic rings. The lowest BCUT2D eigenvalue weighted by Crippen LogP contribution is -2.32. The molecule has 0 aliphatic carbocycles. The van der Waals surface area contributed by atoms with Gasteiger partial charge < -0.3 is 9.64 Å². The second kappa shape index (κ2) is 6.23. The van der Waals surface area contributed by atoms with E-state index in [9.17, 15) is 4.79 Å². The average molecular weight is 222 g/mol. The number of hydrogen-bond acceptors (Lipinski definition) is 3. The Hall–Kier alpha value is -1.42. The van der Waals surface area contributed by atoms with Crippen LogP contribution in [0.3, 0.4) is 0 Å². The third-order valence-electron chi connectivity index (χ3n) is 2.59.